The SMILES string of the molecule is NCCCC1(c2cccnc2)OCCO1. The monoisotopic (exact) mass is 208 g/mol. The summed E-state index contributed by atoms with van der Waals surface area (Å²) in [5, 5.41) is 0. The van der Waals surface area contributed by atoms with Gasteiger partial charge in [-0.05, 0) is 19.0 Å². The van der Waals surface area contributed by atoms with E-state index in [1.165, 1.54) is 0 Å². The maximum Gasteiger partial charge on any atom is 0.196 e. The van der Waals surface area contributed by atoms with Crippen molar-refractivity contribution < 1.29 is 9.47 Å². The lowest BCUT2D eigenvalue weighted by atomic mass is 10.0. The molecule has 82 valence electrons. The quantitative estimate of drug-likeness (QED) is 0.802. The minimum atomic E-state index is -0.604. The summed E-state index contributed by atoms with van der Waals surface area (Å²) >= 11 is 0. The molecule has 2 rings (SSSR count). The van der Waals surface area contributed by atoms with Gasteiger partial charge in [-0.3, -0.25) is 4.98 Å². The lowest BCUT2D eigenvalue weighted by Crippen LogP contribution is -2.28. The Morgan fingerprint density at radius 3 is 2.80 bits per heavy atom. The van der Waals surface area contributed by atoms with E-state index in [0.717, 1.165) is 18.4 Å². The lowest BCUT2D eigenvalue weighted by molar-refractivity contribution is -0.171. The van der Waals surface area contributed by atoms with E-state index in [0.29, 0.717) is 19.8 Å². The first-order chi connectivity index (χ1) is 7.37. The van der Waals surface area contributed by atoms with Crippen molar-refractivity contribution in [3.63, 3.8) is 0 Å². The summed E-state index contributed by atoms with van der Waals surface area (Å²) < 4.78 is 11.4. The van der Waals surface area contributed by atoms with E-state index in [4.69, 9.17) is 15.2 Å². The normalized spacial score (nSPS) is 19.3. The van der Waals surface area contributed by atoms with Crippen molar-refractivity contribution >= 4 is 0 Å². The van der Waals surface area contributed by atoms with E-state index in [1.54, 1.807) is 12.4 Å². The molecule has 0 radical (unpaired) electrons. The van der Waals surface area contributed by atoms with Gasteiger partial charge in [0.25, 0.3) is 0 Å². The molecule has 2 heterocycles. The molecule has 2 N–H and O–H groups in total. The highest BCUT2D eigenvalue weighted by Gasteiger charge is 2.37. The van der Waals surface area contributed by atoms with Crippen molar-refractivity contribution in [2.75, 3.05) is 19.8 Å². The summed E-state index contributed by atoms with van der Waals surface area (Å²) in [7, 11) is 0. The van der Waals surface area contributed by atoms with Crippen LogP contribution in [0.1, 0.15) is 18.4 Å². The Kier molecular flexibility index (Phi) is 3.30. The molecular weight excluding hydrogens is 192 g/mol. The molecule has 0 saturated carbocycles. The number of ether oxygens (including phenoxy) is 2. The first-order valence-corrected chi connectivity index (χ1v) is 5.26. The average molecular weight is 208 g/mol. The molecule has 15 heavy (non-hydrogen) atoms. The van der Waals surface area contributed by atoms with Gasteiger partial charge in [0.2, 0.25) is 0 Å². The second kappa shape index (κ2) is 4.70. The third-order valence-corrected chi connectivity index (χ3v) is 2.57. The molecular formula is C11H16N2O2. The van der Waals surface area contributed by atoms with Gasteiger partial charge in [-0.2, -0.15) is 0 Å². The smallest absolute Gasteiger partial charge is 0.196 e. The van der Waals surface area contributed by atoms with Gasteiger partial charge in [-0.15, -0.1) is 0 Å². The first-order valence-electron chi connectivity index (χ1n) is 5.26. The maximum atomic E-state index is 5.71. The number of pyridine rings is 1. The van der Waals surface area contributed by atoms with Crippen LogP contribution in [0.2, 0.25) is 0 Å². The van der Waals surface area contributed by atoms with E-state index < -0.39 is 5.79 Å². The fourth-order valence-corrected chi connectivity index (χ4v) is 1.83. The van der Waals surface area contributed by atoms with Crippen LogP contribution < -0.4 is 5.73 Å². The van der Waals surface area contributed by atoms with E-state index in [1.807, 2.05) is 12.1 Å². The maximum absolute atomic E-state index is 5.71. The third-order valence-electron chi connectivity index (χ3n) is 2.57. The molecule has 1 saturated heterocycles. The zero-order valence-corrected chi connectivity index (χ0v) is 8.69. The van der Waals surface area contributed by atoms with Crippen LogP contribution in [0.4, 0.5) is 0 Å². The molecule has 0 aliphatic carbocycles. The molecule has 1 aromatic heterocycles. The second-order valence-corrected chi connectivity index (χ2v) is 3.58. The van der Waals surface area contributed by atoms with Gasteiger partial charge in [0.15, 0.2) is 5.79 Å². The Morgan fingerprint density at radius 1 is 1.40 bits per heavy atom. The molecule has 0 amide bonds. The van der Waals surface area contributed by atoms with Crippen LogP contribution in [0, 0.1) is 0 Å². The van der Waals surface area contributed by atoms with E-state index in [9.17, 15) is 0 Å². The van der Waals surface area contributed by atoms with Gasteiger partial charge in [-0.1, -0.05) is 6.07 Å². The van der Waals surface area contributed by atoms with Crippen molar-refractivity contribution in [3.05, 3.63) is 30.1 Å². The summed E-state index contributed by atoms with van der Waals surface area (Å²) in [4.78, 5) is 4.09. The number of nitrogens with zero attached hydrogens (tertiary/aromatic N) is 1. The molecule has 1 aromatic rings. The van der Waals surface area contributed by atoms with Crippen LogP contribution in [0.15, 0.2) is 24.5 Å². The van der Waals surface area contributed by atoms with E-state index in [-0.39, 0.29) is 0 Å². The minimum Gasteiger partial charge on any atom is -0.343 e. The van der Waals surface area contributed by atoms with Crippen LogP contribution >= 0.6 is 0 Å². The molecule has 4 heteroatoms. The predicted octanol–water partition coefficient (Wildman–Crippen LogP) is 1.02. The number of aromatic nitrogens is 1. The van der Waals surface area contributed by atoms with E-state index in [2.05, 4.69) is 4.98 Å². The van der Waals surface area contributed by atoms with Gasteiger partial charge in [0.1, 0.15) is 0 Å². The summed E-state index contributed by atoms with van der Waals surface area (Å²) in [6.07, 6.45) is 5.21. The highest BCUT2D eigenvalue weighted by molar-refractivity contribution is 5.16. The molecule has 0 bridgehead atoms. The largest absolute Gasteiger partial charge is 0.343 e. The third kappa shape index (κ3) is 2.17. The summed E-state index contributed by atoms with van der Waals surface area (Å²) in [5.74, 6) is -0.604. The fraction of sp³-hybridized carbons (Fsp3) is 0.545. The summed E-state index contributed by atoms with van der Waals surface area (Å²) in [6, 6.07) is 3.87. The fourth-order valence-electron chi connectivity index (χ4n) is 1.83. The van der Waals surface area contributed by atoms with Crippen molar-refractivity contribution in [2.24, 2.45) is 5.73 Å². The zero-order valence-electron chi connectivity index (χ0n) is 8.69. The standard InChI is InChI=1S/C11H16N2O2/c12-5-2-4-11(14-7-8-15-11)10-3-1-6-13-9-10/h1,3,6,9H,2,4-5,7-8,12H2. The van der Waals surface area contributed by atoms with Gasteiger partial charge in [0.05, 0.1) is 13.2 Å². The molecule has 0 spiro atoms. The lowest BCUT2D eigenvalue weighted by Gasteiger charge is -2.27. The van der Waals surface area contributed by atoms with Crippen LogP contribution in [0.5, 0.6) is 0 Å². The number of nitrogens with two attached hydrogens (primary N) is 1. The van der Waals surface area contributed by atoms with Crippen LogP contribution in [0.3, 0.4) is 0 Å². The Balaban J connectivity index is 2.19. The number of hydrogen-bond donors (Lipinski definition) is 1. The summed E-state index contributed by atoms with van der Waals surface area (Å²) in [5.41, 5.74) is 6.50. The van der Waals surface area contributed by atoms with Gasteiger partial charge in [-0.25, -0.2) is 0 Å². The average Bonchev–Trinajstić information content (AvgIpc) is 2.78. The molecule has 0 aromatic carbocycles. The predicted molar refractivity (Wildman–Crippen MR) is 56.1 cm³/mol. The molecule has 0 unspecified atom stereocenters. The van der Waals surface area contributed by atoms with Crippen molar-refractivity contribution in [1.29, 1.82) is 0 Å². The number of hydrogen-bond acceptors (Lipinski definition) is 4. The molecule has 1 aliphatic heterocycles. The zero-order chi connectivity index (χ0) is 10.6. The van der Waals surface area contributed by atoms with Gasteiger partial charge >= 0.3 is 0 Å². The van der Waals surface area contributed by atoms with Crippen molar-refractivity contribution in [1.82, 2.24) is 4.98 Å². The van der Waals surface area contributed by atoms with Crippen molar-refractivity contribution in [2.45, 2.75) is 18.6 Å². The van der Waals surface area contributed by atoms with Gasteiger partial charge < -0.3 is 15.2 Å². The van der Waals surface area contributed by atoms with Gasteiger partial charge in [0, 0.05) is 24.4 Å². The molecule has 4 nitrogen and oxygen atoms in total. The van der Waals surface area contributed by atoms with Crippen molar-refractivity contribution in [3.8, 4) is 0 Å². The first kappa shape index (κ1) is 10.5. The van der Waals surface area contributed by atoms with Crippen LogP contribution in [0.25, 0.3) is 0 Å². The number of rotatable bonds is 4. The highest BCUT2D eigenvalue weighted by atomic mass is 16.7. The molecule has 1 fully saturated rings. The Morgan fingerprint density at radius 2 is 2.20 bits per heavy atom. The summed E-state index contributed by atoms with van der Waals surface area (Å²) in [6.45, 7) is 1.92. The highest BCUT2D eigenvalue weighted by Crippen LogP contribution is 2.35. The Labute approximate surface area is 89.4 Å². The Hall–Kier alpha value is -0.970. The van der Waals surface area contributed by atoms with Crippen LogP contribution in [-0.2, 0) is 15.3 Å². The molecule has 0 atom stereocenters. The van der Waals surface area contributed by atoms with E-state index >= 15 is 0 Å². The topological polar surface area (TPSA) is 57.4 Å². The Bertz CT molecular complexity index is 297. The second-order valence-electron chi connectivity index (χ2n) is 3.58. The minimum absolute atomic E-state index is 0.604. The van der Waals surface area contributed by atoms with Crippen LogP contribution in [-0.4, -0.2) is 24.7 Å². The molecule has 1 aliphatic rings.